The van der Waals surface area contributed by atoms with Gasteiger partial charge in [0.1, 0.15) is 11.5 Å². The van der Waals surface area contributed by atoms with Crippen molar-refractivity contribution in [3.8, 4) is 11.4 Å². The van der Waals surface area contributed by atoms with Crippen LogP contribution < -0.4 is 5.32 Å². The van der Waals surface area contributed by atoms with Crippen LogP contribution in [0.25, 0.3) is 11.4 Å². The zero-order valence-electron chi connectivity index (χ0n) is 11.6. The van der Waals surface area contributed by atoms with Gasteiger partial charge in [-0.25, -0.2) is 4.98 Å². The summed E-state index contributed by atoms with van der Waals surface area (Å²) in [5.74, 6) is -0.153. The van der Waals surface area contributed by atoms with Gasteiger partial charge in [-0.3, -0.25) is 14.5 Å². The number of hydrogen-bond acceptors (Lipinski definition) is 5. The van der Waals surface area contributed by atoms with E-state index in [0.29, 0.717) is 11.5 Å². The molecule has 0 unspecified atom stereocenters. The number of anilines is 1. The molecule has 7 heteroatoms. The maximum atomic E-state index is 12.1. The van der Waals surface area contributed by atoms with Gasteiger partial charge in [-0.1, -0.05) is 12.1 Å². The molecule has 2 amide bonds. The van der Waals surface area contributed by atoms with Gasteiger partial charge in [0.25, 0.3) is 11.8 Å². The number of aliphatic hydroxyl groups excluding tert-OH is 1. The van der Waals surface area contributed by atoms with Crippen LogP contribution in [0, 0.1) is 0 Å². The van der Waals surface area contributed by atoms with Crippen molar-refractivity contribution >= 4 is 17.5 Å². The van der Waals surface area contributed by atoms with Crippen molar-refractivity contribution in [2.24, 2.45) is 0 Å². The number of amides is 2. The fourth-order valence-corrected chi connectivity index (χ4v) is 2.23. The van der Waals surface area contributed by atoms with E-state index in [0.717, 1.165) is 10.5 Å². The smallest absolute Gasteiger partial charge is 0.277 e. The second kappa shape index (κ2) is 5.82. The molecule has 1 aliphatic heterocycles. The molecule has 1 aromatic carbocycles. The number of imidazole rings is 1. The molecule has 1 aliphatic rings. The Morgan fingerprint density at radius 3 is 2.91 bits per heavy atom. The summed E-state index contributed by atoms with van der Waals surface area (Å²) in [7, 11) is 0. The molecule has 3 rings (SSSR count). The highest BCUT2D eigenvalue weighted by molar-refractivity contribution is 6.17. The van der Waals surface area contributed by atoms with E-state index < -0.39 is 11.8 Å². The summed E-state index contributed by atoms with van der Waals surface area (Å²) in [5, 5.41) is 11.8. The molecule has 0 spiro atoms. The Labute approximate surface area is 126 Å². The zero-order chi connectivity index (χ0) is 15.5. The van der Waals surface area contributed by atoms with E-state index in [9.17, 15) is 9.59 Å². The number of nitrogens with one attached hydrogen (secondary N) is 2. The van der Waals surface area contributed by atoms with Crippen molar-refractivity contribution in [2.75, 3.05) is 18.5 Å². The average molecular weight is 298 g/mol. The lowest BCUT2D eigenvalue weighted by Crippen LogP contribution is -2.34. The molecule has 0 radical (unpaired) electrons. The number of hydrogen-bond donors (Lipinski definition) is 3. The second-order valence-electron chi connectivity index (χ2n) is 4.72. The van der Waals surface area contributed by atoms with E-state index in [1.807, 2.05) is 18.2 Å². The Kier molecular flexibility index (Phi) is 3.71. The number of H-pyrrole nitrogens is 1. The number of aromatic amines is 1. The van der Waals surface area contributed by atoms with Gasteiger partial charge < -0.3 is 15.4 Å². The van der Waals surface area contributed by atoms with Gasteiger partial charge in [-0.2, -0.15) is 0 Å². The van der Waals surface area contributed by atoms with E-state index in [-0.39, 0.29) is 18.8 Å². The summed E-state index contributed by atoms with van der Waals surface area (Å²) < 4.78 is 0. The van der Waals surface area contributed by atoms with Gasteiger partial charge in [0, 0.05) is 29.7 Å². The molecule has 112 valence electrons. The molecule has 7 nitrogen and oxygen atoms in total. The number of aromatic nitrogens is 2. The summed E-state index contributed by atoms with van der Waals surface area (Å²) in [6.45, 7) is -0.266. The van der Waals surface area contributed by atoms with Gasteiger partial charge >= 0.3 is 0 Å². The number of β-amino-alcohol motifs (C(OH)–C–C–N with tert-alkyl or cyclic N) is 1. The van der Waals surface area contributed by atoms with Crippen molar-refractivity contribution in [3.63, 3.8) is 0 Å². The van der Waals surface area contributed by atoms with Crippen LogP contribution in [-0.4, -0.2) is 44.9 Å². The largest absolute Gasteiger partial charge is 0.395 e. The van der Waals surface area contributed by atoms with E-state index in [4.69, 9.17) is 5.11 Å². The Hall–Kier alpha value is -2.93. The number of benzene rings is 1. The summed E-state index contributed by atoms with van der Waals surface area (Å²) in [4.78, 5) is 31.9. The molecule has 0 saturated heterocycles. The Bertz CT molecular complexity index is 737. The van der Waals surface area contributed by atoms with E-state index >= 15 is 0 Å². The third-order valence-corrected chi connectivity index (χ3v) is 3.25. The molecular weight excluding hydrogens is 284 g/mol. The Balaban J connectivity index is 1.80. The molecule has 0 fully saturated rings. The summed E-state index contributed by atoms with van der Waals surface area (Å²) >= 11 is 0. The van der Waals surface area contributed by atoms with Crippen LogP contribution in [0.3, 0.4) is 0 Å². The van der Waals surface area contributed by atoms with Crippen molar-refractivity contribution in [1.82, 2.24) is 14.9 Å². The molecule has 0 saturated carbocycles. The van der Waals surface area contributed by atoms with Crippen molar-refractivity contribution in [2.45, 2.75) is 0 Å². The van der Waals surface area contributed by atoms with Gasteiger partial charge in [-0.05, 0) is 12.1 Å². The SMILES string of the molecule is O=C1C=C(Nc2cccc(-c3ncc[nH]3)c2)C(=O)N1CCO. The van der Waals surface area contributed by atoms with Crippen molar-refractivity contribution in [1.29, 1.82) is 0 Å². The van der Waals surface area contributed by atoms with Crippen LogP contribution in [0.2, 0.25) is 0 Å². The van der Waals surface area contributed by atoms with Crippen LogP contribution >= 0.6 is 0 Å². The minimum Gasteiger partial charge on any atom is -0.395 e. The van der Waals surface area contributed by atoms with Crippen LogP contribution in [0.4, 0.5) is 5.69 Å². The quantitative estimate of drug-likeness (QED) is 0.707. The molecule has 0 atom stereocenters. The van der Waals surface area contributed by atoms with Crippen molar-refractivity contribution < 1.29 is 14.7 Å². The van der Waals surface area contributed by atoms with E-state index in [1.54, 1.807) is 18.5 Å². The number of aliphatic hydroxyl groups is 1. The van der Waals surface area contributed by atoms with Gasteiger partial charge in [0.05, 0.1) is 13.2 Å². The Morgan fingerprint density at radius 2 is 2.18 bits per heavy atom. The lowest BCUT2D eigenvalue weighted by molar-refractivity contribution is -0.137. The Morgan fingerprint density at radius 1 is 1.32 bits per heavy atom. The second-order valence-corrected chi connectivity index (χ2v) is 4.72. The molecule has 2 heterocycles. The third kappa shape index (κ3) is 2.61. The lowest BCUT2D eigenvalue weighted by Gasteiger charge is -2.13. The lowest BCUT2D eigenvalue weighted by atomic mass is 10.2. The maximum Gasteiger partial charge on any atom is 0.277 e. The minimum atomic E-state index is -0.442. The average Bonchev–Trinajstić information content (AvgIpc) is 3.13. The predicted octanol–water partition coefficient (Wildman–Crippen LogP) is 0.734. The highest BCUT2D eigenvalue weighted by atomic mass is 16.3. The standard InChI is InChI=1S/C15H14N4O3/c20-7-6-19-13(21)9-12(15(19)22)18-11-3-1-2-10(8-11)14-16-4-5-17-14/h1-5,8-9,18,20H,6-7H2,(H,16,17). The van der Waals surface area contributed by atoms with Crippen molar-refractivity contribution in [3.05, 3.63) is 48.4 Å². The van der Waals surface area contributed by atoms with E-state index in [2.05, 4.69) is 15.3 Å². The molecule has 0 aliphatic carbocycles. The summed E-state index contributed by atoms with van der Waals surface area (Å²) in [6, 6.07) is 7.33. The number of imide groups is 1. The third-order valence-electron chi connectivity index (χ3n) is 3.25. The maximum absolute atomic E-state index is 12.1. The highest BCUT2D eigenvalue weighted by Crippen LogP contribution is 2.22. The number of carbonyl (C=O) groups excluding carboxylic acids is 2. The van der Waals surface area contributed by atoms with Crippen LogP contribution in [0.1, 0.15) is 0 Å². The van der Waals surface area contributed by atoms with Crippen LogP contribution in [0.15, 0.2) is 48.4 Å². The fraction of sp³-hybridized carbons (Fsp3) is 0.133. The molecule has 3 N–H and O–H groups in total. The zero-order valence-corrected chi connectivity index (χ0v) is 11.6. The summed E-state index contributed by atoms with van der Waals surface area (Å²) in [5.41, 5.74) is 1.72. The van der Waals surface area contributed by atoms with Crippen LogP contribution in [-0.2, 0) is 9.59 Å². The fourth-order valence-electron chi connectivity index (χ4n) is 2.23. The molecule has 0 bridgehead atoms. The number of nitrogens with zero attached hydrogens (tertiary/aromatic N) is 2. The molecule has 22 heavy (non-hydrogen) atoms. The minimum absolute atomic E-state index is 0.00815. The first kappa shape index (κ1) is 14.0. The monoisotopic (exact) mass is 298 g/mol. The molecule has 1 aromatic heterocycles. The first-order valence-corrected chi connectivity index (χ1v) is 6.74. The van der Waals surface area contributed by atoms with Gasteiger partial charge in [0.2, 0.25) is 0 Å². The van der Waals surface area contributed by atoms with Gasteiger partial charge in [0.15, 0.2) is 0 Å². The van der Waals surface area contributed by atoms with E-state index in [1.165, 1.54) is 6.08 Å². The van der Waals surface area contributed by atoms with Gasteiger partial charge in [-0.15, -0.1) is 0 Å². The number of rotatable bonds is 5. The predicted molar refractivity (Wildman–Crippen MR) is 79.5 cm³/mol. The summed E-state index contributed by atoms with van der Waals surface area (Å²) in [6.07, 6.45) is 4.62. The first-order valence-electron chi connectivity index (χ1n) is 6.74. The normalized spacial score (nSPS) is 14.4. The highest BCUT2D eigenvalue weighted by Gasteiger charge is 2.30. The van der Waals surface area contributed by atoms with Crippen LogP contribution in [0.5, 0.6) is 0 Å². The number of carbonyl (C=O) groups is 2. The molecule has 2 aromatic rings. The topological polar surface area (TPSA) is 98.3 Å². The first-order chi connectivity index (χ1) is 10.7. The molecular formula is C15H14N4O3.